The first-order chi connectivity index (χ1) is 10.1. The van der Waals surface area contributed by atoms with Crippen LogP contribution in [0.4, 0.5) is 11.5 Å². The van der Waals surface area contributed by atoms with Crippen LogP contribution in [0.15, 0.2) is 18.3 Å². The second-order valence-corrected chi connectivity index (χ2v) is 6.30. The van der Waals surface area contributed by atoms with E-state index in [0.29, 0.717) is 24.2 Å². The summed E-state index contributed by atoms with van der Waals surface area (Å²) in [5, 5.41) is 2.86. The molecule has 1 aromatic heterocycles. The third-order valence-corrected chi connectivity index (χ3v) is 4.04. The number of piperidine rings is 1. The molecule has 2 heterocycles. The van der Waals surface area contributed by atoms with Crippen molar-refractivity contribution in [3.05, 3.63) is 18.3 Å². The maximum absolute atomic E-state index is 11.7. The van der Waals surface area contributed by atoms with E-state index in [1.807, 2.05) is 26.1 Å². The maximum Gasteiger partial charge on any atom is 0.225 e. The second-order valence-electron chi connectivity index (χ2n) is 6.30. The molecule has 0 saturated carbocycles. The fourth-order valence-electron chi connectivity index (χ4n) is 2.96. The largest absolute Gasteiger partial charge is 0.367 e. The lowest BCUT2D eigenvalue weighted by atomic mass is 9.99. The molecule has 1 amide bonds. The minimum Gasteiger partial charge on any atom is -0.367 e. The third kappa shape index (κ3) is 4.45. The van der Waals surface area contributed by atoms with Gasteiger partial charge in [-0.3, -0.25) is 4.79 Å². The summed E-state index contributed by atoms with van der Waals surface area (Å²) >= 11 is 0. The minimum atomic E-state index is 0.0367. The number of amides is 1. The molecule has 1 fully saturated rings. The van der Waals surface area contributed by atoms with Crippen LogP contribution in [-0.2, 0) is 4.79 Å². The number of nitrogens with one attached hydrogen (secondary N) is 1. The van der Waals surface area contributed by atoms with Crippen LogP contribution in [0.2, 0.25) is 0 Å². The minimum absolute atomic E-state index is 0.0367. The summed E-state index contributed by atoms with van der Waals surface area (Å²) in [5.41, 5.74) is 1.17. The first-order valence-electron chi connectivity index (χ1n) is 8.12. The number of aromatic nitrogens is 1. The highest BCUT2D eigenvalue weighted by molar-refractivity contribution is 5.89. The molecule has 0 bridgehead atoms. The highest BCUT2D eigenvalue weighted by Crippen LogP contribution is 2.26. The predicted octanol–water partition coefficient (Wildman–Crippen LogP) is 3.84. The van der Waals surface area contributed by atoms with Gasteiger partial charge in [-0.05, 0) is 43.7 Å². The number of carbonyl (C=O) groups is 1. The monoisotopic (exact) mass is 289 g/mol. The van der Waals surface area contributed by atoms with Crippen LogP contribution in [0.25, 0.3) is 0 Å². The van der Waals surface area contributed by atoms with Crippen molar-refractivity contribution in [2.75, 3.05) is 16.8 Å². The molecule has 0 aliphatic carbocycles. The van der Waals surface area contributed by atoms with Gasteiger partial charge in [0, 0.05) is 19.0 Å². The molecule has 1 N–H and O–H groups in total. The van der Waals surface area contributed by atoms with Gasteiger partial charge in [0.05, 0.1) is 11.9 Å². The zero-order valence-corrected chi connectivity index (χ0v) is 13.4. The topological polar surface area (TPSA) is 45.2 Å². The van der Waals surface area contributed by atoms with E-state index < -0.39 is 0 Å². The standard InChI is InChI=1S/C17H27N3O/c1-4-14-7-5-6-10-20(14)15-8-9-16(18-12-15)19-17(21)11-13(2)3/h8-9,12-14H,4-7,10-11H2,1-3H3,(H,18,19,21). The number of carbonyl (C=O) groups excluding carboxylic acids is 1. The molecule has 4 nitrogen and oxygen atoms in total. The Bertz CT molecular complexity index is 456. The molecule has 1 unspecified atom stereocenters. The summed E-state index contributed by atoms with van der Waals surface area (Å²) < 4.78 is 0. The average Bonchev–Trinajstić information content (AvgIpc) is 2.47. The van der Waals surface area contributed by atoms with Gasteiger partial charge in [-0.1, -0.05) is 20.8 Å². The van der Waals surface area contributed by atoms with Gasteiger partial charge in [0.15, 0.2) is 0 Å². The smallest absolute Gasteiger partial charge is 0.225 e. The van der Waals surface area contributed by atoms with E-state index in [9.17, 15) is 4.79 Å². The van der Waals surface area contributed by atoms with Crippen LogP contribution >= 0.6 is 0 Å². The Balaban J connectivity index is 1.99. The molecule has 1 atom stereocenters. The van der Waals surface area contributed by atoms with Gasteiger partial charge in [-0.2, -0.15) is 0 Å². The molecule has 0 radical (unpaired) electrons. The highest BCUT2D eigenvalue weighted by Gasteiger charge is 2.21. The predicted molar refractivity (Wildman–Crippen MR) is 87.6 cm³/mol. The SMILES string of the molecule is CCC1CCCCN1c1ccc(NC(=O)CC(C)C)nc1. The van der Waals surface area contributed by atoms with Crippen molar-refractivity contribution in [2.45, 2.75) is 58.9 Å². The van der Waals surface area contributed by atoms with E-state index >= 15 is 0 Å². The van der Waals surface area contributed by atoms with Crippen molar-refractivity contribution < 1.29 is 4.79 Å². The number of hydrogen-bond donors (Lipinski definition) is 1. The fraction of sp³-hybridized carbons (Fsp3) is 0.647. The van der Waals surface area contributed by atoms with Gasteiger partial charge in [0.2, 0.25) is 5.91 Å². The number of anilines is 2. The van der Waals surface area contributed by atoms with E-state index in [-0.39, 0.29) is 5.91 Å². The average molecular weight is 289 g/mol. The number of pyridine rings is 1. The van der Waals surface area contributed by atoms with Gasteiger partial charge in [-0.15, -0.1) is 0 Å². The third-order valence-electron chi connectivity index (χ3n) is 4.04. The zero-order chi connectivity index (χ0) is 15.2. The van der Waals surface area contributed by atoms with Crippen molar-refractivity contribution >= 4 is 17.4 Å². The lowest BCUT2D eigenvalue weighted by molar-refractivity contribution is -0.116. The second kappa shape index (κ2) is 7.43. The van der Waals surface area contributed by atoms with Gasteiger partial charge in [0.1, 0.15) is 5.82 Å². The number of nitrogens with zero attached hydrogens (tertiary/aromatic N) is 2. The van der Waals surface area contributed by atoms with E-state index in [2.05, 4.69) is 28.2 Å². The van der Waals surface area contributed by atoms with Crippen LogP contribution in [0, 0.1) is 5.92 Å². The lowest BCUT2D eigenvalue weighted by Gasteiger charge is -2.37. The molecule has 4 heteroatoms. The summed E-state index contributed by atoms with van der Waals surface area (Å²) in [6.45, 7) is 7.44. The number of rotatable bonds is 5. The Morgan fingerprint density at radius 1 is 1.43 bits per heavy atom. The Morgan fingerprint density at radius 2 is 2.24 bits per heavy atom. The Labute approximate surface area is 127 Å². The fourth-order valence-corrected chi connectivity index (χ4v) is 2.96. The van der Waals surface area contributed by atoms with E-state index in [0.717, 1.165) is 6.54 Å². The molecule has 0 spiro atoms. The molecule has 0 aromatic carbocycles. The quantitative estimate of drug-likeness (QED) is 0.896. The molecule has 1 aliphatic rings. The van der Waals surface area contributed by atoms with Crippen molar-refractivity contribution in [1.29, 1.82) is 0 Å². The molecular formula is C17H27N3O. The van der Waals surface area contributed by atoms with Gasteiger partial charge >= 0.3 is 0 Å². The summed E-state index contributed by atoms with van der Waals surface area (Å²) in [5.74, 6) is 1.05. The zero-order valence-electron chi connectivity index (χ0n) is 13.4. The van der Waals surface area contributed by atoms with Crippen molar-refractivity contribution in [2.24, 2.45) is 5.92 Å². The maximum atomic E-state index is 11.7. The van der Waals surface area contributed by atoms with Gasteiger partial charge in [0.25, 0.3) is 0 Å². The molecule has 1 aromatic rings. The molecule has 1 saturated heterocycles. The molecule has 1 aliphatic heterocycles. The Kier molecular flexibility index (Phi) is 5.59. The summed E-state index contributed by atoms with van der Waals surface area (Å²) in [6, 6.07) is 4.61. The van der Waals surface area contributed by atoms with Crippen LogP contribution in [0.3, 0.4) is 0 Å². The Morgan fingerprint density at radius 3 is 2.86 bits per heavy atom. The van der Waals surface area contributed by atoms with Gasteiger partial charge < -0.3 is 10.2 Å². The summed E-state index contributed by atoms with van der Waals surface area (Å²) in [6.07, 6.45) is 7.44. The summed E-state index contributed by atoms with van der Waals surface area (Å²) in [4.78, 5) is 18.6. The Hall–Kier alpha value is -1.58. The molecule has 2 rings (SSSR count). The van der Waals surface area contributed by atoms with Crippen LogP contribution < -0.4 is 10.2 Å². The lowest BCUT2D eigenvalue weighted by Crippen LogP contribution is -2.39. The first kappa shape index (κ1) is 15.8. The van der Waals surface area contributed by atoms with E-state index in [4.69, 9.17) is 0 Å². The molecule has 21 heavy (non-hydrogen) atoms. The van der Waals surface area contributed by atoms with E-state index in [1.54, 1.807) is 0 Å². The van der Waals surface area contributed by atoms with Crippen molar-refractivity contribution in [3.63, 3.8) is 0 Å². The van der Waals surface area contributed by atoms with Crippen LogP contribution in [0.1, 0.15) is 52.9 Å². The van der Waals surface area contributed by atoms with Gasteiger partial charge in [-0.25, -0.2) is 4.98 Å². The summed E-state index contributed by atoms with van der Waals surface area (Å²) in [7, 11) is 0. The normalized spacial score (nSPS) is 18.9. The van der Waals surface area contributed by atoms with Crippen LogP contribution in [0.5, 0.6) is 0 Å². The van der Waals surface area contributed by atoms with E-state index in [1.165, 1.54) is 31.4 Å². The van der Waals surface area contributed by atoms with Crippen LogP contribution in [-0.4, -0.2) is 23.5 Å². The highest BCUT2D eigenvalue weighted by atomic mass is 16.1. The van der Waals surface area contributed by atoms with Crippen molar-refractivity contribution in [1.82, 2.24) is 4.98 Å². The van der Waals surface area contributed by atoms with Crippen molar-refractivity contribution in [3.8, 4) is 0 Å². The molecule has 116 valence electrons. The first-order valence-corrected chi connectivity index (χ1v) is 8.12. The molecular weight excluding hydrogens is 262 g/mol. The number of hydrogen-bond acceptors (Lipinski definition) is 3.